The number of carbonyl (C=O) groups excluding carboxylic acids is 1. The van der Waals surface area contributed by atoms with Gasteiger partial charge in [0, 0.05) is 67.0 Å². The molecule has 4 aromatic rings. The second kappa shape index (κ2) is 9.82. The topological polar surface area (TPSA) is 114 Å². The van der Waals surface area contributed by atoms with Crippen LogP contribution in [0.25, 0.3) is 10.9 Å². The van der Waals surface area contributed by atoms with Gasteiger partial charge in [0.2, 0.25) is 5.91 Å². The summed E-state index contributed by atoms with van der Waals surface area (Å²) in [5.74, 6) is -0.200. The number of rotatable bonds is 8. The van der Waals surface area contributed by atoms with Gasteiger partial charge in [-0.05, 0) is 42.7 Å². The molecule has 0 spiro atoms. The van der Waals surface area contributed by atoms with Gasteiger partial charge in [-0.25, -0.2) is 4.79 Å². The number of fused-ring (bicyclic) bond motifs is 1. The lowest BCUT2D eigenvalue weighted by Gasteiger charge is -2.20. The summed E-state index contributed by atoms with van der Waals surface area (Å²) in [6, 6.07) is 16.5. The number of H-pyrrole nitrogens is 3. The molecule has 0 fully saturated rings. The van der Waals surface area contributed by atoms with E-state index >= 15 is 0 Å². The average Bonchev–Trinajstić information content (AvgIpc) is 3.23. The van der Waals surface area contributed by atoms with Crippen molar-refractivity contribution in [2.75, 3.05) is 25.5 Å². The van der Waals surface area contributed by atoms with Gasteiger partial charge in [-0.3, -0.25) is 14.6 Å². The zero-order valence-corrected chi connectivity index (χ0v) is 19.6. The SMILES string of the molecule is Cc1[nH]c(=O)[nH]c(=O)c1CCC(=O)NC[C@H](c1ccc(N(C)C)cc1)c1c[nH]c2ccccc12. The molecule has 0 saturated heterocycles. The van der Waals surface area contributed by atoms with Crippen LogP contribution in [0.3, 0.4) is 0 Å². The number of hydrogen-bond donors (Lipinski definition) is 4. The minimum Gasteiger partial charge on any atom is -0.378 e. The molecule has 176 valence electrons. The van der Waals surface area contributed by atoms with E-state index in [1.54, 1.807) is 6.92 Å². The third-order valence-corrected chi connectivity index (χ3v) is 6.17. The van der Waals surface area contributed by atoms with Gasteiger partial charge in [0.1, 0.15) is 0 Å². The summed E-state index contributed by atoms with van der Waals surface area (Å²) in [4.78, 5) is 46.3. The molecule has 0 radical (unpaired) electrons. The van der Waals surface area contributed by atoms with Gasteiger partial charge in [0.05, 0.1) is 0 Å². The Morgan fingerprint density at radius 2 is 1.76 bits per heavy atom. The fourth-order valence-corrected chi connectivity index (χ4v) is 4.26. The molecule has 0 bridgehead atoms. The Hall–Kier alpha value is -4.07. The van der Waals surface area contributed by atoms with Gasteiger partial charge in [-0.2, -0.15) is 0 Å². The third kappa shape index (κ3) is 4.96. The summed E-state index contributed by atoms with van der Waals surface area (Å²) in [6.45, 7) is 2.08. The van der Waals surface area contributed by atoms with Crippen LogP contribution in [0.5, 0.6) is 0 Å². The van der Waals surface area contributed by atoms with E-state index in [0.717, 1.165) is 27.7 Å². The molecule has 0 aliphatic carbocycles. The molecule has 0 aliphatic rings. The molecule has 34 heavy (non-hydrogen) atoms. The molecule has 0 aliphatic heterocycles. The summed E-state index contributed by atoms with van der Waals surface area (Å²) in [5.41, 5.74) is 4.27. The van der Waals surface area contributed by atoms with Crippen molar-refractivity contribution < 1.29 is 4.79 Å². The number of anilines is 1. The first-order chi connectivity index (χ1) is 16.3. The highest BCUT2D eigenvalue weighted by Crippen LogP contribution is 2.31. The highest BCUT2D eigenvalue weighted by atomic mass is 16.2. The van der Waals surface area contributed by atoms with Crippen LogP contribution in [0.2, 0.25) is 0 Å². The molecule has 4 rings (SSSR count). The maximum absolute atomic E-state index is 12.7. The normalized spacial score (nSPS) is 12.0. The molecule has 2 aromatic carbocycles. The lowest BCUT2D eigenvalue weighted by Crippen LogP contribution is -2.31. The Labute approximate surface area is 197 Å². The first kappa shape index (κ1) is 23.1. The number of para-hydroxylation sites is 1. The quantitative estimate of drug-likeness (QED) is 0.324. The van der Waals surface area contributed by atoms with Crippen LogP contribution in [0, 0.1) is 6.92 Å². The first-order valence-electron chi connectivity index (χ1n) is 11.3. The summed E-state index contributed by atoms with van der Waals surface area (Å²) in [5, 5.41) is 4.16. The number of amides is 1. The van der Waals surface area contributed by atoms with E-state index in [2.05, 4.69) is 50.6 Å². The van der Waals surface area contributed by atoms with Gasteiger partial charge in [0.25, 0.3) is 5.56 Å². The van der Waals surface area contributed by atoms with E-state index in [1.807, 2.05) is 43.4 Å². The van der Waals surface area contributed by atoms with Crippen molar-refractivity contribution in [3.8, 4) is 0 Å². The minimum atomic E-state index is -0.544. The van der Waals surface area contributed by atoms with Crippen molar-refractivity contribution in [3.05, 3.63) is 98.0 Å². The molecule has 2 heterocycles. The number of carbonyl (C=O) groups is 1. The summed E-state index contributed by atoms with van der Waals surface area (Å²) >= 11 is 0. The fourth-order valence-electron chi connectivity index (χ4n) is 4.26. The number of nitrogens with zero attached hydrogens (tertiary/aromatic N) is 1. The third-order valence-electron chi connectivity index (χ3n) is 6.17. The molecule has 0 unspecified atom stereocenters. The van der Waals surface area contributed by atoms with Crippen molar-refractivity contribution in [1.82, 2.24) is 20.3 Å². The fraction of sp³-hybridized carbons (Fsp3) is 0.269. The van der Waals surface area contributed by atoms with Crippen molar-refractivity contribution in [3.63, 3.8) is 0 Å². The van der Waals surface area contributed by atoms with Crippen molar-refractivity contribution in [2.45, 2.75) is 25.7 Å². The minimum absolute atomic E-state index is 0.0467. The van der Waals surface area contributed by atoms with Crippen molar-refractivity contribution >= 4 is 22.5 Å². The van der Waals surface area contributed by atoms with E-state index in [9.17, 15) is 14.4 Å². The van der Waals surface area contributed by atoms with Crippen molar-refractivity contribution in [2.24, 2.45) is 0 Å². The summed E-state index contributed by atoms with van der Waals surface area (Å²) in [7, 11) is 4.00. The second-order valence-electron chi connectivity index (χ2n) is 8.64. The lowest BCUT2D eigenvalue weighted by atomic mass is 9.90. The van der Waals surface area contributed by atoms with Crippen LogP contribution in [-0.2, 0) is 11.2 Å². The van der Waals surface area contributed by atoms with E-state index in [-0.39, 0.29) is 24.7 Å². The molecule has 0 saturated carbocycles. The van der Waals surface area contributed by atoms with Crippen LogP contribution in [0.15, 0.2) is 64.3 Å². The number of aromatic amines is 3. The first-order valence-corrected chi connectivity index (χ1v) is 11.3. The predicted octanol–water partition coefficient (Wildman–Crippen LogP) is 2.80. The lowest BCUT2D eigenvalue weighted by molar-refractivity contribution is -0.121. The monoisotopic (exact) mass is 459 g/mol. The summed E-state index contributed by atoms with van der Waals surface area (Å²) in [6.07, 6.45) is 2.40. The number of nitrogens with one attached hydrogen (secondary N) is 4. The van der Waals surface area contributed by atoms with Crippen LogP contribution in [-0.4, -0.2) is 41.5 Å². The highest BCUT2D eigenvalue weighted by Gasteiger charge is 2.19. The Morgan fingerprint density at radius 1 is 1.03 bits per heavy atom. The molecule has 8 heteroatoms. The predicted molar refractivity (Wildman–Crippen MR) is 135 cm³/mol. The Morgan fingerprint density at radius 3 is 2.47 bits per heavy atom. The smallest absolute Gasteiger partial charge is 0.325 e. The zero-order chi connectivity index (χ0) is 24.2. The van der Waals surface area contributed by atoms with Gasteiger partial charge < -0.3 is 20.2 Å². The number of aryl methyl sites for hydroxylation is 1. The van der Waals surface area contributed by atoms with Crippen molar-refractivity contribution in [1.29, 1.82) is 0 Å². The molecule has 4 N–H and O–H groups in total. The highest BCUT2D eigenvalue weighted by molar-refractivity contribution is 5.84. The molecular weight excluding hydrogens is 430 g/mol. The number of hydrogen-bond acceptors (Lipinski definition) is 4. The Kier molecular flexibility index (Phi) is 6.67. The van der Waals surface area contributed by atoms with Gasteiger partial charge in [-0.15, -0.1) is 0 Å². The molecule has 2 aromatic heterocycles. The molecule has 1 atom stereocenters. The summed E-state index contributed by atoms with van der Waals surface area (Å²) < 4.78 is 0. The van der Waals surface area contributed by atoms with Crippen LogP contribution < -0.4 is 21.5 Å². The van der Waals surface area contributed by atoms with Gasteiger partial charge in [0.15, 0.2) is 0 Å². The van der Waals surface area contributed by atoms with Crippen LogP contribution in [0.4, 0.5) is 5.69 Å². The van der Waals surface area contributed by atoms with E-state index in [4.69, 9.17) is 0 Å². The Bertz CT molecular complexity index is 1410. The number of aromatic nitrogens is 3. The van der Waals surface area contributed by atoms with Crippen LogP contribution >= 0.6 is 0 Å². The Balaban J connectivity index is 1.53. The molecular formula is C26H29N5O3. The van der Waals surface area contributed by atoms with Gasteiger partial charge >= 0.3 is 5.69 Å². The van der Waals surface area contributed by atoms with Crippen LogP contribution in [0.1, 0.15) is 34.7 Å². The largest absolute Gasteiger partial charge is 0.378 e. The number of benzene rings is 2. The zero-order valence-electron chi connectivity index (χ0n) is 19.6. The van der Waals surface area contributed by atoms with Gasteiger partial charge in [-0.1, -0.05) is 30.3 Å². The standard InChI is InChI=1S/C26H29N5O3/c1-16-19(25(33)30-26(34)29-16)12-13-24(32)28-14-21(17-8-10-18(11-9-17)31(2)3)22-15-27-23-7-5-4-6-20(22)23/h4-11,15,21,27H,12-14H2,1-3H3,(H,28,32)(H2,29,30,33,34)/t21-/m1/s1. The molecule has 8 nitrogen and oxygen atoms in total. The average molecular weight is 460 g/mol. The van der Waals surface area contributed by atoms with E-state index in [0.29, 0.717) is 17.8 Å². The van der Waals surface area contributed by atoms with E-state index in [1.165, 1.54) is 0 Å². The molecule has 1 amide bonds. The second-order valence-corrected chi connectivity index (χ2v) is 8.64. The maximum Gasteiger partial charge on any atom is 0.325 e. The maximum atomic E-state index is 12.7. The van der Waals surface area contributed by atoms with E-state index < -0.39 is 11.2 Å².